The van der Waals surface area contributed by atoms with Crippen molar-refractivity contribution >= 4 is 31.9 Å². The maximum Gasteiger partial charge on any atom is 0.413 e. The van der Waals surface area contributed by atoms with Crippen LogP contribution in [-0.4, -0.2) is 26.3 Å². The van der Waals surface area contributed by atoms with Crippen LogP contribution in [0.2, 0.25) is 0 Å². The molecule has 1 aliphatic heterocycles. The molecule has 1 heterocycles. The Kier molecular flexibility index (Phi) is 3.72. The number of hydrogen-bond donors (Lipinski definition) is 1. The molecular weight excluding hydrogens is 322 g/mol. The molecule has 2 rings (SSSR count). The van der Waals surface area contributed by atoms with Gasteiger partial charge < -0.3 is 10.1 Å². The molecule has 1 amide bonds. The fourth-order valence-electron chi connectivity index (χ4n) is 1.46. The Bertz CT molecular complexity index is 580. The van der Waals surface area contributed by atoms with Crippen molar-refractivity contribution in [3.05, 3.63) is 40.2 Å². The normalized spacial score (nSPS) is 20.6. The van der Waals surface area contributed by atoms with Crippen LogP contribution in [0.4, 0.5) is 4.79 Å². The quantitative estimate of drug-likeness (QED) is 0.897. The fraction of sp³-hybridized carbons (Fsp3) is 0.182. The molecule has 0 bridgehead atoms. The van der Waals surface area contributed by atoms with Crippen molar-refractivity contribution in [2.45, 2.75) is 6.04 Å². The van der Waals surface area contributed by atoms with Gasteiger partial charge >= 0.3 is 6.09 Å². The van der Waals surface area contributed by atoms with Gasteiger partial charge in [0.25, 0.3) is 0 Å². The van der Waals surface area contributed by atoms with Crippen molar-refractivity contribution in [2.75, 3.05) is 5.75 Å². The minimum absolute atomic E-state index is 0.123. The first-order chi connectivity index (χ1) is 8.44. The molecule has 5 nitrogen and oxygen atoms in total. The van der Waals surface area contributed by atoms with E-state index in [4.69, 9.17) is 4.74 Å². The average Bonchev–Trinajstić information content (AvgIpc) is 2.61. The molecule has 0 aromatic heterocycles. The van der Waals surface area contributed by atoms with Gasteiger partial charge in [0, 0.05) is 9.88 Å². The lowest BCUT2D eigenvalue weighted by molar-refractivity contribution is 0.199. The molecule has 0 saturated heterocycles. The SMILES string of the molecule is O=C(NC1C=CS(=O)(=O)C1)Oc1ccc(Br)cc1. The molecule has 1 aliphatic rings. The summed E-state index contributed by atoms with van der Waals surface area (Å²) in [5.74, 6) is 0.267. The van der Waals surface area contributed by atoms with E-state index in [2.05, 4.69) is 21.2 Å². The van der Waals surface area contributed by atoms with Crippen molar-refractivity contribution in [2.24, 2.45) is 0 Å². The number of rotatable bonds is 2. The molecule has 0 spiro atoms. The predicted octanol–water partition coefficient (Wildman–Crippen LogP) is 1.85. The minimum Gasteiger partial charge on any atom is -0.410 e. The van der Waals surface area contributed by atoms with Crippen LogP contribution in [0.15, 0.2) is 40.2 Å². The lowest BCUT2D eigenvalue weighted by atomic mass is 10.3. The molecule has 1 unspecified atom stereocenters. The van der Waals surface area contributed by atoms with Gasteiger partial charge in [0.05, 0.1) is 11.8 Å². The van der Waals surface area contributed by atoms with E-state index in [1.54, 1.807) is 24.3 Å². The summed E-state index contributed by atoms with van der Waals surface area (Å²) < 4.78 is 28.1. The number of halogens is 1. The topological polar surface area (TPSA) is 72.5 Å². The van der Waals surface area contributed by atoms with E-state index in [1.807, 2.05) is 0 Å². The number of sulfone groups is 1. The third kappa shape index (κ3) is 3.58. The van der Waals surface area contributed by atoms with Gasteiger partial charge in [-0.25, -0.2) is 13.2 Å². The van der Waals surface area contributed by atoms with Gasteiger partial charge in [-0.15, -0.1) is 0 Å². The van der Waals surface area contributed by atoms with Crippen LogP contribution in [0.3, 0.4) is 0 Å². The number of carbonyl (C=O) groups excluding carboxylic acids is 1. The van der Waals surface area contributed by atoms with E-state index in [1.165, 1.54) is 6.08 Å². The van der Waals surface area contributed by atoms with Crippen LogP contribution in [0, 0.1) is 0 Å². The monoisotopic (exact) mass is 331 g/mol. The first kappa shape index (κ1) is 13.1. The zero-order valence-corrected chi connectivity index (χ0v) is 11.6. The third-order valence-electron chi connectivity index (χ3n) is 2.26. The van der Waals surface area contributed by atoms with E-state index < -0.39 is 22.0 Å². The van der Waals surface area contributed by atoms with Crippen LogP contribution in [0.1, 0.15) is 0 Å². The third-order valence-corrected chi connectivity index (χ3v) is 4.18. The molecule has 0 aliphatic carbocycles. The maximum absolute atomic E-state index is 11.5. The van der Waals surface area contributed by atoms with Gasteiger partial charge in [-0.3, -0.25) is 0 Å². The van der Waals surface area contributed by atoms with E-state index in [9.17, 15) is 13.2 Å². The van der Waals surface area contributed by atoms with Crippen LogP contribution < -0.4 is 10.1 Å². The molecule has 1 aromatic carbocycles. The largest absolute Gasteiger partial charge is 0.413 e. The molecule has 18 heavy (non-hydrogen) atoms. The minimum atomic E-state index is -3.18. The molecular formula is C11H10BrNO4S. The number of amides is 1. The molecule has 1 N–H and O–H groups in total. The Morgan fingerprint density at radius 3 is 2.56 bits per heavy atom. The van der Waals surface area contributed by atoms with Crippen LogP contribution in [0.5, 0.6) is 5.75 Å². The van der Waals surface area contributed by atoms with Gasteiger partial charge in [-0.2, -0.15) is 0 Å². The van der Waals surface area contributed by atoms with E-state index in [-0.39, 0.29) is 5.75 Å². The Labute approximate surface area is 113 Å². The number of nitrogens with one attached hydrogen (secondary N) is 1. The summed E-state index contributed by atoms with van der Waals surface area (Å²) in [6, 6.07) is 6.21. The second-order valence-electron chi connectivity index (χ2n) is 3.75. The molecule has 96 valence electrons. The lowest BCUT2D eigenvalue weighted by Crippen LogP contribution is -2.37. The Morgan fingerprint density at radius 1 is 1.33 bits per heavy atom. The average molecular weight is 332 g/mol. The maximum atomic E-state index is 11.5. The Morgan fingerprint density at radius 2 is 2.00 bits per heavy atom. The Hall–Kier alpha value is -1.34. The van der Waals surface area contributed by atoms with Crippen LogP contribution in [0.25, 0.3) is 0 Å². The predicted molar refractivity (Wildman–Crippen MR) is 70.0 cm³/mol. The summed E-state index contributed by atoms with van der Waals surface area (Å²) in [5.41, 5.74) is 0. The summed E-state index contributed by atoms with van der Waals surface area (Å²) in [7, 11) is -3.18. The van der Waals surface area contributed by atoms with Crippen LogP contribution >= 0.6 is 15.9 Å². The van der Waals surface area contributed by atoms with Gasteiger partial charge in [0.2, 0.25) is 0 Å². The highest BCUT2D eigenvalue weighted by molar-refractivity contribution is 9.10. The van der Waals surface area contributed by atoms with Crippen molar-refractivity contribution in [1.82, 2.24) is 5.32 Å². The van der Waals surface area contributed by atoms with Crippen molar-refractivity contribution in [3.63, 3.8) is 0 Å². The number of carbonyl (C=O) groups is 1. The van der Waals surface area contributed by atoms with E-state index in [0.717, 1.165) is 9.88 Å². The zero-order valence-electron chi connectivity index (χ0n) is 9.17. The highest BCUT2D eigenvalue weighted by Gasteiger charge is 2.23. The van der Waals surface area contributed by atoms with Crippen molar-refractivity contribution < 1.29 is 17.9 Å². The molecule has 0 radical (unpaired) electrons. The standard InChI is InChI=1S/C11H10BrNO4S/c12-8-1-3-10(4-2-8)17-11(14)13-9-5-6-18(15,16)7-9/h1-6,9H,7H2,(H,13,14). The smallest absolute Gasteiger partial charge is 0.410 e. The highest BCUT2D eigenvalue weighted by Crippen LogP contribution is 2.16. The number of hydrogen-bond acceptors (Lipinski definition) is 4. The van der Waals surface area contributed by atoms with Gasteiger partial charge in [-0.05, 0) is 30.3 Å². The fourth-order valence-corrected chi connectivity index (χ4v) is 2.96. The molecule has 0 fully saturated rings. The van der Waals surface area contributed by atoms with Crippen LogP contribution in [-0.2, 0) is 9.84 Å². The van der Waals surface area contributed by atoms with Crippen molar-refractivity contribution in [1.29, 1.82) is 0 Å². The van der Waals surface area contributed by atoms with E-state index >= 15 is 0 Å². The number of benzene rings is 1. The molecule has 7 heteroatoms. The zero-order chi connectivity index (χ0) is 13.2. The number of ether oxygens (including phenoxy) is 1. The molecule has 0 saturated carbocycles. The van der Waals surface area contributed by atoms with E-state index in [0.29, 0.717) is 5.75 Å². The molecule has 1 atom stereocenters. The van der Waals surface area contributed by atoms with Gasteiger partial charge in [-0.1, -0.05) is 15.9 Å². The summed E-state index contributed by atoms with van der Waals surface area (Å²) in [5, 5.41) is 3.55. The second kappa shape index (κ2) is 5.11. The van der Waals surface area contributed by atoms with Gasteiger partial charge in [0.15, 0.2) is 9.84 Å². The van der Waals surface area contributed by atoms with Gasteiger partial charge in [0.1, 0.15) is 5.75 Å². The summed E-state index contributed by atoms with van der Waals surface area (Å²) >= 11 is 3.26. The Balaban J connectivity index is 1.90. The highest BCUT2D eigenvalue weighted by atomic mass is 79.9. The molecule has 1 aromatic rings. The first-order valence-electron chi connectivity index (χ1n) is 5.09. The first-order valence-corrected chi connectivity index (χ1v) is 7.60. The van der Waals surface area contributed by atoms with Crippen molar-refractivity contribution in [3.8, 4) is 5.75 Å². The summed E-state index contributed by atoms with van der Waals surface area (Å²) in [6.45, 7) is 0. The second-order valence-corrected chi connectivity index (χ2v) is 6.60. The summed E-state index contributed by atoms with van der Waals surface area (Å²) in [4.78, 5) is 11.5. The lowest BCUT2D eigenvalue weighted by Gasteiger charge is -2.10. The summed E-state index contributed by atoms with van der Waals surface area (Å²) in [6.07, 6.45) is 0.752.